The van der Waals surface area contributed by atoms with Crippen molar-refractivity contribution in [1.82, 2.24) is 0 Å². The zero-order chi connectivity index (χ0) is 13.1. The number of hydrogen-bond donors (Lipinski definition) is 2. The summed E-state index contributed by atoms with van der Waals surface area (Å²) in [5.74, 6) is 0. The highest BCUT2D eigenvalue weighted by Crippen LogP contribution is 2.31. The van der Waals surface area contributed by atoms with E-state index in [2.05, 4.69) is 47.1 Å². The molecule has 0 saturated heterocycles. The van der Waals surface area contributed by atoms with Crippen molar-refractivity contribution in [2.24, 2.45) is 5.73 Å². The second kappa shape index (κ2) is 5.43. The van der Waals surface area contributed by atoms with Crippen LogP contribution in [0.15, 0.2) is 60.0 Å². The Balaban J connectivity index is 1.94. The first-order chi connectivity index (χ1) is 9.38. The summed E-state index contributed by atoms with van der Waals surface area (Å²) in [6, 6.07) is 18.8. The summed E-state index contributed by atoms with van der Waals surface area (Å²) in [5, 5.41) is 7.01. The maximum atomic E-state index is 5.94. The van der Waals surface area contributed by atoms with Crippen molar-refractivity contribution in [2.75, 3.05) is 11.9 Å². The van der Waals surface area contributed by atoms with Crippen LogP contribution in [-0.2, 0) is 0 Å². The van der Waals surface area contributed by atoms with Crippen LogP contribution in [0.4, 0.5) is 5.69 Å². The minimum absolute atomic E-state index is 0.151. The zero-order valence-electron chi connectivity index (χ0n) is 10.5. The number of para-hydroxylation sites is 1. The van der Waals surface area contributed by atoms with Gasteiger partial charge in [-0.1, -0.05) is 36.4 Å². The molecule has 1 atom stereocenters. The first-order valence-corrected chi connectivity index (χ1v) is 7.24. The van der Waals surface area contributed by atoms with Crippen molar-refractivity contribution >= 4 is 27.1 Å². The van der Waals surface area contributed by atoms with Gasteiger partial charge in [0.15, 0.2) is 0 Å². The van der Waals surface area contributed by atoms with E-state index in [-0.39, 0.29) is 6.04 Å². The molecule has 0 bridgehead atoms. The monoisotopic (exact) mass is 268 g/mol. The van der Waals surface area contributed by atoms with Crippen LogP contribution in [0.1, 0.15) is 11.6 Å². The van der Waals surface area contributed by atoms with E-state index in [1.165, 1.54) is 15.6 Å². The van der Waals surface area contributed by atoms with Crippen LogP contribution in [0.3, 0.4) is 0 Å². The summed E-state index contributed by atoms with van der Waals surface area (Å²) in [6.45, 7) is 0.579. The van der Waals surface area contributed by atoms with E-state index < -0.39 is 0 Å². The van der Waals surface area contributed by atoms with Gasteiger partial charge >= 0.3 is 0 Å². The summed E-state index contributed by atoms with van der Waals surface area (Å²) in [7, 11) is 0. The molecule has 96 valence electrons. The molecule has 3 rings (SSSR count). The van der Waals surface area contributed by atoms with Gasteiger partial charge in [-0.05, 0) is 34.5 Å². The van der Waals surface area contributed by atoms with Crippen LogP contribution < -0.4 is 11.1 Å². The number of nitrogens with one attached hydrogen (secondary N) is 1. The highest BCUT2D eigenvalue weighted by molar-refractivity contribution is 7.17. The average molecular weight is 268 g/mol. The Hall–Kier alpha value is -1.84. The zero-order valence-corrected chi connectivity index (χ0v) is 11.4. The molecule has 0 spiro atoms. The molecule has 0 aliphatic rings. The SMILES string of the molecule is NCC(Nc1ccccc1)c1csc2ccccc12. The van der Waals surface area contributed by atoms with Crippen molar-refractivity contribution in [3.63, 3.8) is 0 Å². The molecule has 19 heavy (non-hydrogen) atoms. The molecule has 1 heterocycles. The lowest BCUT2D eigenvalue weighted by Gasteiger charge is -2.18. The molecule has 3 N–H and O–H groups in total. The molecular formula is C16H16N2S. The Bertz CT molecular complexity index is 661. The predicted molar refractivity (Wildman–Crippen MR) is 83.7 cm³/mol. The Morgan fingerprint density at radius 2 is 1.74 bits per heavy atom. The van der Waals surface area contributed by atoms with Gasteiger partial charge in [0.1, 0.15) is 0 Å². The van der Waals surface area contributed by atoms with E-state index in [0.29, 0.717) is 6.54 Å². The Kier molecular flexibility index (Phi) is 3.49. The third kappa shape index (κ3) is 2.48. The van der Waals surface area contributed by atoms with Crippen molar-refractivity contribution in [3.8, 4) is 0 Å². The molecule has 0 amide bonds. The Morgan fingerprint density at radius 3 is 2.53 bits per heavy atom. The van der Waals surface area contributed by atoms with E-state index in [9.17, 15) is 0 Å². The lowest BCUT2D eigenvalue weighted by atomic mass is 10.1. The number of benzene rings is 2. The molecule has 0 fully saturated rings. The fourth-order valence-electron chi connectivity index (χ4n) is 2.27. The molecular weight excluding hydrogens is 252 g/mol. The molecule has 3 aromatic rings. The second-order valence-corrected chi connectivity index (χ2v) is 5.40. The van der Waals surface area contributed by atoms with Gasteiger partial charge in [-0.2, -0.15) is 0 Å². The van der Waals surface area contributed by atoms with E-state index in [1.807, 2.05) is 18.2 Å². The van der Waals surface area contributed by atoms with Crippen LogP contribution in [0.5, 0.6) is 0 Å². The van der Waals surface area contributed by atoms with Crippen molar-refractivity contribution < 1.29 is 0 Å². The topological polar surface area (TPSA) is 38.0 Å². The minimum Gasteiger partial charge on any atom is -0.377 e. The van der Waals surface area contributed by atoms with Gasteiger partial charge in [-0.3, -0.25) is 0 Å². The minimum atomic E-state index is 0.151. The fraction of sp³-hybridized carbons (Fsp3) is 0.125. The average Bonchev–Trinajstić information content (AvgIpc) is 2.90. The maximum Gasteiger partial charge on any atom is 0.0650 e. The van der Waals surface area contributed by atoms with Crippen LogP contribution in [0, 0.1) is 0 Å². The van der Waals surface area contributed by atoms with Gasteiger partial charge in [0.05, 0.1) is 6.04 Å². The number of thiophene rings is 1. The van der Waals surface area contributed by atoms with E-state index in [4.69, 9.17) is 5.73 Å². The highest BCUT2D eigenvalue weighted by Gasteiger charge is 2.14. The molecule has 2 nitrogen and oxygen atoms in total. The van der Waals surface area contributed by atoms with Crippen molar-refractivity contribution in [2.45, 2.75) is 6.04 Å². The molecule has 1 unspecified atom stereocenters. The molecule has 2 aromatic carbocycles. The summed E-state index contributed by atoms with van der Waals surface area (Å²) in [4.78, 5) is 0. The number of fused-ring (bicyclic) bond motifs is 1. The summed E-state index contributed by atoms with van der Waals surface area (Å²) < 4.78 is 1.31. The van der Waals surface area contributed by atoms with Gasteiger partial charge in [-0.15, -0.1) is 11.3 Å². The lowest BCUT2D eigenvalue weighted by Crippen LogP contribution is -2.20. The molecule has 0 saturated carbocycles. The summed E-state index contributed by atoms with van der Waals surface area (Å²) in [6.07, 6.45) is 0. The maximum absolute atomic E-state index is 5.94. The van der Waals surface area contributed by atoms with Crippen LogP contribution in [0.2, 0.25) is 0 Å². The number of nitrogens with two attached hydrogens (primary N) is 1. The predicted octanol–water partition coefficient (Wildman–Crippen LogP) is 4.01. The quantitative estimate of drug-likeness (QED) is 0.750. The summed E-state index contributed by atoms with van der Waals surface area (Å²) >= 11 is 1.77. The van der Waals surface area contributed by atoms with Gasteiger partial charge in [0, 0.05) is 16.9 Å². The first-order valence-electron chi connectivity index (χ1n) is 6.36. The lowest BCUT2D eigenvalue weighted by molar-refractivity contribution is 0.799. The number of hydrogen-bond acceptors (Lipinski definition) is 3. The second-order valence-electron chi connectivity index (χ2n) is 4.49. The third-order valence-electron chi connectivity index (χ3n) is 3.24. The third-order valence-corrected chi connectivity index (χ3v) is 4.22. The van der Waals surface area contributed by atoms with Crippen molar-refractivity contribution in [1.29, 1.82) is 0 Å². The Labute approximate surface area is 116 Å². The molecule has 0 radical (unpaired) electrons. The molecule has 0 aliphatic heterocycles. The van der Waals surface area contributed by atoms with Crippen molar-refractivity contribution in [3.05, 3.63) is 65.5 Å². The van der Waals surface area contributed by atoms with Gasteiger partial charge in [0.25, 0.3) is 0 Å². The van der Waals surface area contributed by atoms with Crippen LogP contribution in [0.25, 0.3) is 10.1 Å². The van der Waals surface area contributed by atoms with E-state index in [0.717, 1.165) is 5.69 Å². The summed E-state index contributed by atoms with van der Waals surface area (Å²) in [5.41, 5.74) is 8.33. The van der Waals surface area contributed by atoms with Gasteiger partial charge in [-0.25, -0.2) is 0 Å². The van der Waals surface area contributed by atoms with Crippen LogP contribution >= 0.6 is 11.3 Å². The van der Waals surface area contributed by atoms with E-state index in [1.54, 1.807) is 11.3 Å². The largest absolute Gasteiger partial charge is 0.377 e. The number of rotatable bonds is 4. The fourth-order valence-corrected chi connectivity index (χ4v) is 3.28. The molecule has 0 aliphatic carbocycles. The van der Waals surface area contributed by atoms with Gasteiger partial charge in [0.2, 0.25) is 0 Å². The number of anilines is 1. The smallest absolute Gasteiger partial charge is 0.0650 e. The Morgan fingerprint density at radius 1 is 1.00 bits per heavy atom. The normalized spacial score (nSPS) is 12.5. The standard InChI is InChI=1S/C16H16N2S/c17-10-15(18-12-6-2-1-3-7-12)14-11-19-16-9-5-4-8-13(14)16/h1-9,11,15,18H,10,17H2. The molecule has 1 aromatic heterocycles. The highest BCUT2D eigenvalue weighted by atomic mass is 32.1. The molecule has 3 heteroatoms. The van der Waals surface area contributed by atoms with Crippen LogP contribution in [-0.4, -0.2) is 6.54 Å². The van der Waals surface area contributed by atoms with E-state index >= 15 is 0 Å². The van der Waals surface area contributed by atoms with Gasteiger partial charge < -0.3 is 11.1 Å². The first kappa shape index (κ1) is 12.2.